The summed E-state index contributed by atoms with van der Waals surface area (Å²) in [6, 6.07) is 14.1. The number of nitrogens with one attached hydrogen (secondary N) is 1. The van der Waals surface area contributed by atoms with Gasteiger partial charge in [-0.05, 0) is 65.4 Å². The summed E-state index contributed by atoms with van der Waals surface area (Å²) < 4.78 is 22.4. The monoisotopic (exact) mass is 641 g/mol. The van der Waals surface area contributed by atoms with Crippen LogP contribution in [0.1, 0.15) is 11.1 Å². The molecular weight excluding hydrogens is 622 g/mol. The van der Waals surface area contributed by atoms with Crippen molar-refractivity contribution in [3.8, 4) is 23.0 Å². The summed E-state index contributed by atoms with van der Waals surface area (Å²) in [5.74, 6) is 0.647. The van der Waals surface area contributed by atoms with Crippen molar-refractivity contribution in [3.05, 3.63) is 85.2 Å². The first kappa shape index (κ1) is 28.0. The molecule has 12 nitrogen and oxygen atoms in total. The maximum absolute atomic E-state index is 13.0. The maximum Gasteiger partial charge on any atom is 0.294 e. The van der Waals surface area contributed by atoms with Gasteiger partial charge in [-0.1, -0.05) is 15.9 Å². The molecule has 0 unspecified atom stereocenters. The van der Waals surface area contributed by atoms with Crippen molar-refractivity contribution in [2.24, 2.45) is 0 Å². The second-order valence-electron chi connectivity index (χ2n) is 8.62. The highest BCUT2D eigenvalue weighted by atomic mass is 79.9. The lowest BCUT2D eigenvalue weighted by Crippen LogP contribution is -2.36. The Labute approximate surface area is 245 Å². The number of carbonyl (C=O) groups excluding carboxylic acids is 3. The highest BCUT2D eigenvalue weighted by molar-refractivity contribution is 9.10. The molecule has 2 aliphatic heterocycles. The molecule has 210 valence electrons. The summed E-state index contributed by atoms with van der Waals surface area (Å²) in [6.07, 6.45) is 1.52. The fourth-order valence-corrected chi connectivity index (χ4v) is 5.17. The minimum Gasteiger partial charge on any atom is -0.493 e. The van der Waals surface area contributed by atoms with Gasteiger partial charge in [-0.3, -0.25) is 29.4 Å². The predicted octanol–water partition coefficient (Wildman–Crippen LogP) is 5.35. The molecule has 5 rings (SSSR count). The fraction of sp³-hybridized carbons (Fsp3) is 0.148. The Morgan fingerprint density at radius 2 is 1.88 bits per heavy atom. The van der Waals surface area contributed by atoms with Crippen molar-refractivity contribution in [1.29, 1.82) is 0 Å². The Morgan fingerprint density at radius 3 is 2.61 bits per heavy atom. The summed E-state index contributed by atoms with van der Waals surface area (Å²) in [4.78, 5) is 49.5. The molecule has 3 amide bonds. The van der Waals surface area contributed by atoms with Gasteiger partial charge >= 0.3 is 0 Å². The van der Waals surface area contributed by atoms with Crippen molar-refractivity contribution in [1.82, 2.24) is 4.90 Å². The molecule has 2 aliphatic rings. The molecule has 1 fully saturated rings. The minimum atomic E-state index is -0.606. The first-order chi connectivity index (χ1) is 19.7. The number of imide groups is 1. The fourth-order valence-electron chi connectivity index (χ4n) is 3.90. The number of nitrogens with zero attached hydrogens (tertiary/aromatic N) is 2. The van der Waals surface area contributed by atoms with Crippen molar-refractivity contribution in [3.63, 3.8) is 0 Å². The van der Waals surface area contributed by atoms with E-state index in [9.17, 15) is 24.5 Å². The van der Waals surface area contributed by atoms with Gasteiger partial charge in [-0.2, -0.15) is 0 Å². The summed E-state index contributed by atoms with van der Waals surface area (Å²) in [6.45, 7) is -0.237. The Kier molecular flexibility index (Phi) is 8.12. The standard InChI is InChI=1S/C27H20BrN3O9S/c1-37-21-8-16(19(28)11-23(21)38-13-15-2-5-18(6-3-15)31(35)36)9-24-26(33)30(27(34)41-24)12-25(32)29-17-4-7-20-22(10-17)40-14-39-20/h2-11H,12-14H2,1H3,(H,29,32)/b24-9+. The van der Waals surface area contributed by atoms with Gasteiger partial charge in [0, 0.05) is 28.4 Å². The number of fused-ring (bicyclic) bond motifs is 1. The van der Waals surface area contributed by atoms with Crippen LogP contribution in [0, 0.1) is 10.1 Å². The van der Waals surface area contributed by atoms with Crippen LogP contribution in [0.2, 0.25) is 0 Å². The molecule has 0 saturated carbocycles. The van der Waals surface area contributed by atoms with Gasteiger partial charge in [0.2, 0.25) is 12.7 Å². The number of benzene rings is 3. The predicted molar refractivity (Wildman–Crippen MR) is 152 cm³/mol. The van der Waals surface area contributed by atoms with E-state index in [1.165, 1.54) is 25.3 Å². The van der Waals surface area contributed by atoms with Gasteiger partial charge in [0.05, 0.1) is 16.9 Å². The van der Waals surface area contributed by atoms with Crippen LogP contribution in [0.5, 0.6) is 23.0 Å². The van der Waals surface area contributed by atoms with E-state index in [0.717, 1.165) is 16.7 Å². The van der Waals surface area contributed by atoms with Gasteiger partial charge in [0.15, 0.2) is 23.0 Å². The number of thioether (sulfide) groups is 1. The number of methoxy groups -OCH3 is 1. The number of nitro groups is 1. The van der Waals surface area contributed by atoms with Crippen LogP contribution < -0.4 is 24.3 Å². The van der Waals surface area contributed by atoms with Crippen molar-refractivity contribution >= 4 is 62.2 Å². The Hall–Kier alpha value is -4.56. The van der Waals surface area contributed by atoms with E-state index in [1.54, 1.807) is 42.5 Å². The molecule has 1 N–H and O–H groups in total. The number of amides is 3. The second-order valence-corrected chi connectivity index (χ2v) is 10.5. The molecular formula is C27H20BrN3O9S. The van der Waals surface area contributed by atoms with E-state index in [1.807, 2.05) is 0 Å². The van der Waals surface area contributed by atoms with E-state index < -0.39 is 28.5 Å². The Bertz CT molecular complexity index is 1590. The summed E-state index contributed by atoms with van der Waals surface area (Å²) in [7, 11) is 1.46. The van der Waals surface area contributed by atoms with Crippen molar-refractivity contribution < 1.29 is 38.3 Å². The Balaban J connectivity index is 1.25. The first-order valence-electron chi connectivity index (χ1n) is 11.9. The molecule has 0 atom stereocenters. The molecule has 0 bridgehead atoms. The average Bonchev–Trinajstić information content (AvgIpc) is 3.52. The zero-order chi connectivity index (χ0) is 29.1. The maximum atomic E-state index is 13.0. The molecule has 41 heavy (non-hydrogen) atoms. The van der Waals surface area contributed by atoms with Gasteiger partial charge < -0.3 is 24.3 Å². The molecule has 0 aliphatic carbocycles. The lowest BCUT2D eigenvalue weighted by atomic mass is 10.1. The highest BCUT2D eigenvalue weighted by Crippen LogP contribution is 2.39. The first-order valence-corrected chi connectivity index (χ1v) is 13.5. The topological polar surface area (TPSA) is 147 Å². The normalized spacial score (nSPS) is 14.9. The van der Waals surface area contributed by atoms with Gasteiger partial charge in [0.1, 0.15) is 13.2 Å². The van der Waals surface area contributed by atoms with E-state index in [2.05, 4.69) is 21.2 Å². The van der Waals surface area contributed by atoms with Crippen LogP contribution in [-0.4, -0.2) is 47.3 Å². The third kappa shape index (κ3) is 6.28. The van der Waals surface area contributed by atoms with Crippen LogP contribution in [0.3, 0.4) is 0 Å². The van der Waals surface area contributed by atoms with Gasteiger partial charge in [0.25, 0.3) is 16.8 Å². The summed E-state index contributed by atoms with van der Waals surface area (Å²) >= 11 is 4.18. The van der Waals surface area contributed by atoms with Crippen LogP contribution in [0.15, 0.2) is 64.0 Å². The SMILES string of the molecule is COc1cc(/C=C2/SC(=O)N(CC(=O)Nc3ccc4c(c3)OCO4)C2=O)c(Br)cc1OCc1ccc([N+](=O)[O-])cc1. The zero-order valence-corrected chi connectivity index (χ0v) is 23.7. The molecule has 3 aromatic rings. The molecule has 14 heteroatoms. The third-order valence-corrected chi connectivity index (χ3v) is 7.54. The number of hydrogen-bond acceptors (Lipinski definition) is 10. The second kappa shape index (κ2) is 11.9. The molecule has 3 aromatic carbocycles. The quantitative estimate of drug-likeness (QED) is 0.184. The van der Waals surface area contributed by atoms with Crippen LogP contribution in [0.4, 0.5) is 16.2 Å². The van der Waals surface area contributed by atoms with Gasteiger partial charge in [-0.15, -0.1) is 0 Å². The summed E-state index contributed by atoms with van der Waals surface area (Å²) in [5, 5.41) is 12.9. The average molecular weight is 642 g/mol. The van der Waals surface area contributed by atoms with Crippen molar-refractivity contribution in [2.75, 3.05) is 25.8 Å². The highest BCUT2D eigenvalue weighted by Gasteiger charge is 2.36. The van der Waals surface area contributed by atoms with E-state index in [0.29, 0.717) is 44.3 Å². The molecule has 0 aromatic heterocycles. The van der Waals surface area contributed by atoms with Gasteiger partial charge in [-0.25, -0.2) is 0 Å². The van der Waals surface area contributed by atoms with Crippen LogP contribution in [-0.2, 0) is 16.2 Å². The van der Waals surface area contributed by atoms with Crippen LogP contribution >= 0.6 is 27.7 Å². The van der Waals surface area contributed by atoms with Crippen LogP contribution in [0.25, 0.3) is 6.08 Å². The lowest BCUT2D eigenvalue weighted by Gasteiger charge is -2.13. The zero-order valence-electron chi connectivity index (χ0n) is 21.2. The largest absolute Gasteiger partial charge is 0.493 e. The molecule has 0 radical (unpaired) electrons. The number of halogens is 1. The number of non-ortho nitro benzene ring substituents is 1. The Morgan fingerprint density at radius 1 is 1.12 bits per heavy atom. The minimum absolute atomic E-state index is 0.0202. The molecule has 0 spiro atoms. The number of anilines is 1. The number of ether oxygens (including phenoxy) is 4. The van der Waals surface area contributed by atoms with E-state index in [-0.39, 0.29) is 24.0 Å². The number of hydrogen-bond donors (Lipinski definition) is 1. The number of nitro benzene ring substituents is 1. The van der Waals surface area contributed by atoms with Crippen molar-refractivity contribution in [2.45, 2.75) is 6.61 Å². The molecule has 1 saturated heterocycles. The smallest absolute Gasteiger partial charge is 0.294 e. The lowest BCUT2D eigenvalue weighted by molar-refractivity contribution is -0.384. The summed E-state index contributed by atoms with van der Waals surface area (Å²) in [5.41, 5.74) is 1.68. The van der Waals surface area contributed by atoms with E-state index in [4.69, 9.17) is 18.9 Å². The number of carbonyl (C=O) groups is 3. The number of rotatable bonds is 9. The van der Waals surface area contributed by atoms with E-state index >= 15 is 0 Å². The molecule has 2 heterocycles. The third-order valence-electron chi connectivity index (χ3n) is 5.94.